The van der Waals surface area contributed by atoms with Gasteiger partial charge in [-0.25, -0.2) is 0 Å². The van der Waals surface area contributed by atoms with Gasteiger partial charge in [0.1, 0.15) is 0 Å². The van der Waals surface area contributed by atoms with E-state index in [1.807, 2.05) is 0 Å². The minimum atomic E-state index is 1.09. The van der Waals surface area contributed by atoms with Gasteiger partial charge < -0.3 is 4.90 Å². The molecule has 0 saturated carbocycles. The number of anilines is 3. The molecule has 0 spiro atoms. The van der Waals surface area contributed by atoms with E-state index in [9.17, 15) is 0 Å². The van der Waals surface area contributed by atoms with E-state index < -0.39 is 0 Å². The predicted octanol–water partition coefficient (Wildman–Crippen LogP) is 15.2. The van der Waals surface area contributed by atoms with Crippen molar-refractivity contribution in [1.82, 2.24) is 0 Å². The summed E-state index contributed by atoms with van der Waals surface area (Å²) in [6.07, 6.45) is 0. The molecule has 1 heteroatoms. The summed E-state index contributed by atoms with van der Waals surface area (Å²) < 4.78 is 0. The summed E-state index contributed by atoms with van der Waals surface area (Å²) in [6, 6.07) is 84.9. The zero-order valence-corrected chi connectivity index (χ0v) is 30.5. The second-order valence-corrected chi connectivity index (χ2v) is 13.7. The predicted molar refractivity (Wildman–Crippen MR) is 234 cm³/mol. The Morgan fingerprint density at radius 1 is 0.182 bits per heavy atom. The highest BCUT2D eigenvalue weighted by Crippen LogP contribution is 2.42. The summed E-state index contributed by atoms with van der Waals surface area (Å²) >= 11 is 0. The van der Waals surface area contributed by atoms with Crippen LogP contribution >= 0.6 is 0 Å². The van der Waals surface area contributed by atoms with Gasteiger partial charge in [0.25, 0.3) is 0 Å². The van der Waals surface area contributed by atoms with Crippen LogP contribution in [0.1, 0.15) is 0 Å². The van der Waals surface area contributed by atoms with E-state index in [1.54, 1.807) is 0 Å². The monoisotopic (exact) mass is 701 g/mol. The molecule has 0 radical (unpaired) electrons. The zero-order valence-electron chi connectivity index (χ0n) is 30.5. The Morgan fingerprint density at radius 2 is 0.473 bits per heavy atom. The molecule has 260 valence electrons. The molecule has 0 fully saturated rings. The SMILES string of the molecule is c1ccc(-c2ccc(N(c3ccc(-c4ccc(-c5ccccc5)c(-c5ccccc5)c4)cc3)c3ccc(-c4ccccc4)c(-c4ccccc4)c3)cc2)cc1. The second kappa shape index (κ2) is 15.4. The molecule has 0 aromatic heterocycles. The van der Waals surface area contributed by atoms with E-state index in [1.165, 1.54) is 66.8 Å². The van der Waals surface area contributed by atoms with Gasteiger partial charge in [-0.3, -0.25) is 0 Å². The van der Waals surface area contributed by atoms with Crippen LogP contribution in [0.4, 0.5) is 17.1 Å². The molecule has 0 heterocycles. The summed E-state index contributed by atoms with van der Waals surface area (Å²) in [5.41, 5.74) is 17.7. The fourth-order valence-corrected chi connectivity index (χ4v) is 7.53. The number of benzene rings is 9. The first-order valence-electron chi connectivity index (χ1n) is 18.8. The van der Waals surface area contributed by atoms with Gasteiger partial charge in [0.15, 0.2) is 0 Å². The number of rotatable bonds is 9. The number of hydrogen-bond donors (Lipinski definition) is 0. The Bertz CT molecular complexity index is 2630. The van der Waals surface area contributed by atoms with Crippen molar-refractivity contribution in [3.05, 3.63) is 237 Å². The van der Waals surface area contributed by atoms with Crippen molar-refractivity contribution in [3.63, 3.8) is 0 Å². The fourth-order valence-electron chi connectivity index (χ4n) is 7.53. The first-order chi connectivity index (χ1) is 27.3. The molecule has 0 aliphatic heterocycles. The lowest BCUT2D eigenvalue weighted by molar-refractivity contribution is 1.28. The highest BCUT2D eigenvalue weighted by atomic mass is 15.1. The molecule has 9 rings (SSSR count). The molecule has 55 heavy (non-hydrogen) atoms. The molecule has 1 nitrogen and oxygen atoms in total. The van der Waals surface area contributed by atoms with E-state index in [0.717, 1.165) is 17.1 Å². The van der Waals surface area contributed by atoms with Crippen molar-refractivity contribution in [2.75, 3.05) is 4.90 Å². The van der Waals surface area contributed by atoms with Crippen LogP contribution in [0.3, 0.4) is 0 Å². The quantitative estimate of drug-likeness (QED) is 0.145. The Balaban J connectivity index is 1.15. The van der Waals surface area contributed by atoms with Gasteiger partial charge in [-0.15, -0.1) is 0 Å². The Morgan fingerprint density at radius 3 is 0.909 bits per heavy atom. The largest absolute Gasteiger partial charge is 0.310 e. The summed E-state index contributed by atoms with van der Waals surface area (Å²) in [5, 5.41) is 0. The maximum atomic E-state index is 2.37. The Kier molecular flexibility index (Phi) is 9.41. The van der Waals surface area contributed by atoms with Crippen LogP contribution in [0, 0.1) is 0 Å². The Labute approximate surface area is 324 Å². The lowest BCUT2D eigenvalue weighted by Crippen LogP contribution is -2.10. The lowest BCUT2D eigenvalue weighted by atomic mass is 9.91. The number of hydrogen-bond acceptors (Lipinski definition) is 1. The van der Waals surface area contributed by atoms with Crippen LogP contribution in [0.15, 0.2) is 237 Å². The van der Waals surface area contributed by atoms with Crippen LogP contribution in [-0.4, -0.2) is 0 Å². The third kappa shape index (κ3) is 7.12. The van der Waals surface area contributed by atoms with Crippen LogP contribution in [0.25, 0.3) is 66.8 Å². The van der Waals surface area contributed by atoms with Crippen LogP contribution in [-0.2, 0) is 0 Å². The van der Waals surface area contributed by atoms with Gasteiger partial charge in [-0.2, -0.15) is 0 Å². The molecule has 0 amide bonds. The summed E-state index contributed by atoms with van der Waals surface area (Å²) in [6.45, 7) is 0. The minimum Gasteiger partial charge on any atom is -0.310 e. The van der Waals surface area contributed by atoms with E-state index in [-0.39, 0.29) is 0 Å². The summed E-state index contributed by atoms with van der Waals surface area (Å²) in [5.74, 6) is 0. The first-order valence-corrected chi connectivity index (χ1v) is 18.8. The van der Waals surface area contributed by atoms with Crippen LogP contribution in [0.5, 0.6) is 0 Å². The average molecular weight is 702 g/mol. The second-order valence-electron chi connectivity index (χ2n) is 13.7. The van der Waals surface area contributed by atoms with Crippen LogP contribution < -0.4 is 4.90 Å². The molecule has 0 aliphatic carbocycles. The fraction of sp³-hybridized carbons (Fsp3) is 0. The summed E-state index contributed by atoms with van der Waals surface area (Å²) in [7, 11) is 0. The molecule has 0 unspecified atom stereocenters. The smallest absolute Gasteiger partial charge is 0.0468 e. The van der Waals surface area contributed by atoms with Crippen molar-refractivity contribution < 1.29 is 0 Å². The number of nitrogens with zero attached hydrogens (tertiary/aromatic N) is 1. The highest BCUT2D eigenvalue weighted by molar-refractivity contribution is 5.90. The minimum absolute atomic E-state index is 1.09. The lowest BCUT2D eigenvalue weighted by Gasteiger charge is -2.27. The van der Waals surface area contributed by atoms with Crippen molar-refractivity contribution in [3.8, 4) is 66.8 Å². The van der Waals surface area contributed by atoms with E-state index in [4.69, 9.17) is 0 Å². The van der Waals surface area contributed by atoms with E-state index in [0.29, 0.717) is 0 Å². The molecular weight excluding hydrogens is 663 g/mol. The van der Waals surface area contributed by atoms with Gasteiger partial charge in [0.05, 0.1) is 0 Å². The third-order valence-electron chi connectivity index (χ3n) is 10.3. The highest BCUT2D eigenvalue weighted by Gasteiger charge is 2.17. The normalized spacial score (nSPS) is 10.9. The maximum absolute atomic E-state index is 2.37. The van der Waals surface area contributed by atoms with Gasteiger partial charge in [0.2, 0.25) is 0 Å². The standard InChI is InChI=1S/C54H39N/c1-6-16-40(17-7-1)41-26-31-48(32-27-41)55(50-35-37-52(44-20-10-3-11-21-44)54(39-50)46-24-14-5-15-25-46)49-33-28-42(29-34-49)47-30-36-51(43-18-8-2-9-19-43)53(38-47)45-22-12-4-13-23-45/h1-39H. The van der Waals surface area contributed by atoms with Crippen molar-refractivity contribution in [2.24, 2.45) is 0 Å². The molecule has 9 aromatic carbocycles. The molecule has 9 aromatic rings. The molecule has 0 bridgehead atoms. The molecule has 0 saturated heterocycles. The molecule has 0 atom stereocenters. The summed E-state index contributed by atoms with van der Waals surface area (Å²) in [4.78, 5) is 2.37. The molecule has 0 N–H and O–H groups in total. The van der Waals surface area contributed by atoms with E-state index >= 15 is 0 Å². The van der Waals surface area contributed by atoms with Gasteiger partial charge >= 0.3 is 0 Å². The maximum Gasteiger partial charge on any atom is 0.0468 e. The zero-order chi connectivity index (χ0) is 36.8. The van der Waals surface area contributed by atoms with Gasteiger partial charge in [0, 0.05) is 17.1 Å². The van der Waals surface area contributed by atoms with Crippen LogP contribution in [0.2, 0.25) is 0 Å². The van der Waals surface area contributed by atoms with E-state index in [2.05, 4.69) is 241 Å². The molecular formula is C54H39N. The van der Waals surface area contributed by atoms with Crippen molar-refractivity contribution >= 4 is 17.1 Å². The molecule has 0 aliphatic rings. The van der Waals surface area contributed by atoms with Gasteiger partial charge in [-0.1, -0.05) is 194 Å². The topological polar surface area (TPSA) is 3.24 Å². The van der Waals surface area contributed by atoms with Crippen molar-refractivity contribution in [1.29, 1.82) is 0 Å². The van der Waals surface area contributed by atoms with Gasteiger partial charge in [-0.05, 0) is 109 Å². The third-order valence-corrected chi connectivity index (χ3v) is 10.3. The van der Waals surface area contributed by atoms with Crippen molar-refractivity contribution in [2.45, 2.75) is 0 Å². The average Bonchev–Trinajstić information content (AvgIpc) is 3.28. The Hall–Kier alpha value is -7.22. The first kappa shape index (κ1) is 33.6.